The first-order chi connectivity index (χ1) is 11.6. The summed E-state index contributed by atoms with van der Waals surface area (Å²) in [7, 11) is 0. The van der Waals surface area contributed by atoms with Crippen LogP contribution in [0.15, 0.2) is 21.4 Å². The van der Waals surface area contributed by atoms with Gasteiger partial charge in [0.25, 0.3) is 0 Å². The zero-order valence-corrected chi connectivity index (χ0v) is 15.2. The lowest BCUT2D eigenvalue weighted by Crippen LogP contribution is -2.57. The van der Waals surface area contributed by atoms with Crippen LogP contribution in [0.2, 0.25) is 0 Å². The molecule has 132 valence electrons. The van der Waals surface area contributed by atoms with Gasteiger partial charge in [-0.05, 0) is 26.7 Å². The van der Waals surface area contributed by atoms with Gasteiger partial charge in [-0.15, -0.1) is 0 Å². The number of rotatable bonds is 6. The number of hydrogen-bond donors (Lipinski definition) is 0. The van der Waals surface area contributed by atoms with Gasteiger partial charge in [0.2, 0.25) is 0 Å². The summed E-state index contributed by atoms with van der Waals surface area (Å²) in [6.07, 6.45) is 5.99. The second-order valence-electron chi connectivity index (χ2n) is 6.80. The number of piperazine rings is 1. The minimum absolute atomic E-state index is 0.544. The van der Waals surface area contributed by atoms with Crippen molar-refractivity contribution in [2.45, 2.75) is 65.7 Å². The maximum atomic E-state index is 5.23. The monoisotopic (exact) mass is 332 g/mol. The molecule has 1 fully saturated rings. The Labute approximate surface area is 143 Å². The van der Waals surface area contributed by atoms with Crippen LogP contribution in [0.3, 0.4) is 0 Å². The zero-order chi connectivity index (χ0) is 17.1. The topological polar surface area (TPSA) is 58.5 Å². The van der Waals surface area contributed by atoms with Crippen molar-refractivity contribution < 1.29 is 9.05 Å². The lowest BCUT2D eigenvalue weighted by molar-refractivity contribution is 0.0146. The highest BCUT2D eigenvalue weighted by Gasteiger charge is 2.32. The fourth-order valence-electron chi connectivity index (χ4n) is 3.61. The minimum Gasteiger partial charge on any atom is -0.361 e. The molecule has 0 saturated carbocycles. The Bertz CT molecular complexity index is 595. The first kappa shape index (κ1) is 17.2. The number of aryl methyl sites for hydroxylation is 2. The molecule has 0 aliphatic carbocycles. The molecule has 2 atom stereocenters. The summed E-state index contributed by atoms with van der Waals surface area (Å²) in [5.41, 5.74) is 2.40. The van der Waals surface area contributed by atoms with E-state index < -0.39 is 0 Å². The molecule has 0 unspecified atom stereocenters. The molecule has 3 rings (SSSR count). The fourth-order valence-corrected chi connectivity index (χ4v) is 3.61. The van der Waals surface area contributed by atoms with Gasteiger partial charge in [-0.1, -0.05) is 24.2 Å². The molecule has 1 saturated heterocycles. The summed E-state index contributed by atoms with van der Waals surface area (Å²) in [4.78, 5) is 5.18. The molecule has 0 bridgehead atoms. The van der Waals surface area contributed by atoms with Gasteiger partial charge in [-0.25, -0.2) is 0 Å². The molecule has 24 heavy (non-hydrogen) atoms. The van der Waals surface area contributed by atoms with Gasteiger partial charge in [0.15, 0.2) is 0 Å². The highest BCUT2D eigenvalue weighted by Crippen LogP contribution is 2.25. The first-order valence-electron chi connectivity index (χ1n) is 8.90. The summed E-state index contributed by atoms with van der Waals surface area (Å²) in [5.74, 6) is 1.86. The standard InChI is InChI=1S/C18H28N4O2/c1-5-17-11-22(10-16-8-20-24-14(16)4)18(6-2)12-21(17)9-15-7-19-23-13(15)3/h7-8,17-18H,5-6,9-12H2,1-4H3/t17-,18+. The lowest BCUT2D eigenvalue weighted by Gasteiger charge is -2.46. The van der Waals surface area contributed by atoms with Gasteiger partial charge in [0.05, 0.1) is 12.4 Å². The Kier molecular flexibility index (Phi) is 5.36. The Morgan fingerprint density at radius 1 is 0.875 bits per heavy atom. The van der Waals surface area contributed by atoms with Crippen LogP contribution in [0.4, 0.5) is 0 Å². The average molecular weight is 332 g/mol. The zero-order valence-electron chi connectivity index (χ0n) is 15.2. The first-order valence-corrected chi connectivity index (χ1v) is 8.90. The Balaban J connectivity index is 1.72. The van der Waals surface area contributed by atoms with Crippen molar-refractivity contribution in [3.05, 3.63) is 35.0 Å². The van der Waals surface area contributed by atoms with Gasteiger partial charge in [-0.2, -0.15) is 0 Å². The van der Waals surface area contributed by atoms with Crippen LogP contribution in [0.1, 0.15) is 49.3 Å². The van der Waals surface area contributed by atoms with E-state index in [4.69, 9.17) is 9.05 Å². The predicted molar refractivity (Wildman–Crippen MR) is 91.5 cm³/mol. The summed E-state index contributed by atoms with van der Waals surface area (Å²) in [6.45, 7) is 12.5. The maximum Gasteiger partial charge on any atom is 0.138 e. The van der Waals surface area contributed by atoms with Crippen LogP contribution >= 0.6 is 0 Å². The second-order valence-corrected chi connectivity index (χ2v) is 6.80. The Hall–Kier alpha value is -1.66. The Morgan fingerprint density at radius 2 is 1.29 bits per heavy atom. The van der Waals surface area contributed by atoms with Crippen LogP contribution in [-0.2, 0) is 13.1 Å². The molecule has 0 aromatic carbocycles. The molecule has 6 heteroatoms. The lowest BCUT2D eigenvalue weighted by atomic mass is 10.0. The molecule has 2 aromatic rings. The van der Waals surface area contributed by atoms with E-state index in [9.17, 15) is 0 Å². The third kappa shape index (κ3) is 3.54. The summed E-state index contributed by atoms with van der Waals surface area (Å²) in [6, 6.07) is 1.09. The molecule has 2 aromatic heterocycles. The van der Waals surface area contributed by atoms with Crippen molar-refractivity contribution >= 4 is 0 Å². The van der Waals surface area contributed by atoms with E-state index >= 15 is 0 Å². The molecule has 0 N–H and O–H groups in total. The van der Waals surface area contributed by atoms with Crippen LogP contribution < -0.4 is 0 Å². The number of aromatic nitrogens is 2. The van der Waals surface area contributed by atoms with Crippen LogP contribution in [0.25, 0.3) is 0 Å². The molecule has 3 heterocycles. The third-order valence-electron chi connectivity index (χ3n) is 5.31. The van der Waals surface area contributed by atoms with Crippen molar-refractivity contribution in [3.63, 3.8) is 0 Å². The van der Waals surface area contributed by atoms with E-state index in [0.29, 0.717) is 12.1 Å². The molecule has 1 aliphatic heterocycles. The van der Waals surface area contributed by atoms with E-state index in [0.717, 1.165) is 50.5 Å². The van der Waals surface area contributed by atoms with Crippen molar-refractivity contribution in [1.82, 2.24) is 20.1 Å². The quantitative estimate of drug-likeness (QED) is 0.810. The SMILES string of the molecule is CC[C@@H]1CN(Cc2cnoc2C)[C@@H](CC)CN1Cc1cnoc1C. The summed E-state index contributed by atoms with van der Waals surface area (Å²) < 4.78 is 10.5. The van der Waals surface area contributed by atoms with Crippen LogP contribution in [-0.4, -0.2) is 45.3 Å². The summed E-state index contributed by atoms with van der Waals surface area (Å²) in [5, 5.41) is 7.84. The summed E-state index contributed by atoms with van der Waals surface area (Å²) >= 11 is 0. The van der Waals surface area contributed by atoms with Crippen molar-refractivity contribution in [1.29, 1.82) is 0 Å². The van der Waals surface area contributed by atoms with Crippen molar-refractivity contribution in [2.75, 3.05) is 13.1 Å². The highest BCUT2D eigenvalue weighted by molar-refractivity contribution is 5.13. The maximum absolute atomic E-state index is 5.23. The third-order valence-corrected chi connectivity index (χ3v) is 5.31. The Morgan fingerprint density at radius 3 is 1.58 bits per heavy atom. The number of nitrogens with zero attached hydrogens (tertiary/aromatic N) is 4. The molecular formula is C18H28N4O2. The molecule has 0 spiro atoms. The minimum atomic E-state index is 0.544. The predicted octanol–water partition coefficient (Wildman–Crippen LogP) is 3.15. The van der Waals surface area contributed by atoms with E-state index in [1.807, 2.05) is 26.2 Å². The fraction of sp³-hybridized carbons (Fsp3) is 0.667. The van der Waals surface area contributed by atoms with Crippen LogP contribution in [0, 0.1) is 13.8 Å². The second kappa shape index (κ2) is 7.49. The highest BCUT2D eigenvalue weighted by atomic mass is 16.5. The van der Waals surface area contributed by atoms with Gasteiger partial charge in [-0.3, -0.25) is 9.80 Å². The molecule has 0 radical (unpaired) electrons. The van der Waals surface area contributed by atoms with Gasteiger partial charge in [0, 0.05) is 49.4 Å². The van der Waals surface area contributed by atoms with Gasteiger partial charge in [0.1, 0.15) is 11.5 Å². The number of hydrogen-bond acceptors (Lipinski definition) is 6. The van der Waals surface area contributed by atoms with E-state index in [1.54, 1.807) is 0 Å². The van der Waals surface area contributed by atoms with E-state index in [1.165, 1.54) is 11.1 Å². The van der Waals surface area contributed by atoms with Gasteiger partial charge < -0.3 is 9.05 Å². The van der Waals surface area contributed by atoms with Gasteiger partial charge >= 0.3 is 0 Å². The van der Waals surface area contributed by atoms with E-state index in [2.05, 4.69) is 34.0 Å². The van der Waals surface area contributed by atoms with Crippen molar-refractivity contribution in [2.24, 2.45) is 0 Å². The van der Waals surface area contributed by atoms with Crippen LogP contribution in [0.5, 0.6) is 0 Å². The smallest absolute Gasteiger partial charge is 0.138 e. The molecule has 1 aliphatic rings. The molecule has 6 nitrogen and oxygen atoms in total. The van der Waals surface area contributed by atoms with Crippen molar-refractivity contribution in [3.8, 4) is 0 Å². The molecule has 0 amide bonds. The van der Waals surface area contributed by atoms with E-state index in [-0.39, 0.29) is 0 Å². The largest absolute Gasteiger partial charge is 0.361 e. The average Bonchev–Trinajstić information content (AvgIpc) is 3.17. The molecular weight excluding hydrogens is 304 g/mol. The normalized spacial score (nSPS) is 23.0.